The van der Waals surface area contributed by atoms with E-state index < -0.39 is 5.54 Å². The molecular formula is C14H21N3O. The van der Waals surface area contributed by atoms with Crippen molar-refractivity contribution in [2.75, 3.05) is 19.6 Å². The molecule has 1 aliphatic heterocycles. The summed E-state index contributed by atoms with van der Waals surface area (Å²) in [5, 5.41) is 6.17. The van der Waals surface area contributed by atoms with Gasteiger partial charge in [-0.25, -0.2) is 0 Å². The lowest BCUT2D eigenvalue weighted by molar-refractivity contribution is -0.127. The third-order valence-electron chi connectivity index (χ3n) is 3.49. The Hall–Kier alpha value is -1.39. The SMILES string of the molecule is NC1(C(=O)NCCc2ccccc2)CCNCC1. The maximum atomic E-state index is 12.0. The summed E-state index contributed by atoms with van der Waals surface area (Å²) in [5.41, 5.74) is 6.68. The summed E-state index contributed by atoms with van der Waals surface area (Å²) in [6, 6.07) is 10.1. The number of carbonyl (C=O) groups excluding carboxylic acids is 1. The van der Waals surface area contributed by atoms with Gasteiger partial charge >= 0.3 is 0 Å². The van der Waals surface area contributed by atoms with Crippen molar-refractivity contribution in [2.45, 2.75) is 24.8 Å². The van der Waals surface area contributed by atoms with Crippen LogP contribution in [0.1, 0.15) is 18.4 Å². The molecule has 1 saturated heterocycles. The fourth-order valence-electron chi connectivity index (χ4n) is 2.24. The molecule has 0 unspecified atom stereocenters. The van der Waals surface area contributed by atoms with E-state index in [1.807, 2.05) is 18.2 Å². The van der Waals surface area contributed by atoms with Crippen LogP contribution in [0, 0.1) is 0 Å². The topological polar surface area (TPSA) is 67.2 Å². The summed E-state index contributed by atoms with van der Waals surface area (Å²) in [7, 11) is 0. The minimum atomic E-state index is -0.679. The normalized spacial score (nSPS) is 18.3. The van der Waals surface area contributed by atoms with Gasteiger partial charge in [0.15, 0.2) is 0 Å². The van der Waals surface area contributed by atoms with Gasteiger partial charge in [0.2, 0.25) is 5.91 Å². The molecule has 1 aromatic carbocycles. The third kappa shape index (κ3) is 3.31. The average molecular weight is 247 g/mol. The standard InChI is InChI=1S/C14H21N3O/c15-14(7-10-16-11-8-14)13(18)17-9-6-12-4-2-1-3-5-12/h1-5,16H,6-11,15H2,(H,17,18). The number of piperidine rings is 1. The number of rotatable bonds is 4. The van der Waals surface area contributed by atoms with Crippen LogP contribution in [0.3, 0.4) is 0 Å². The second-order valence-electron chi connectivity index (χ2n) is 4.90. The van der Waals surface area contributed by atoms with Gasteiger partial charge in [-0.15, -0.1) is 0 Å². The zero-order valence-electron chi connectivity index (χ0n) is 10.6. The molecule has 2 rings (SSSR count). The zero-order chi connectivity index (χ0) is 12.8. The van der Waals surface area contributed by atoms with Gasteiger partial charge in [-0.05, 0) is 37.9 Å². The Bertz CT molecular complexity index is 385. The lowest BCUT2D eigenvalue weighted by atomic mass is 9.88. The molecule has 1 aliphatic rings. The Balaban J connectivity index is 1.78. The second kappa shape index (κ2) is 5.98. The molecule has 1 fully saturated rings. The molecular weight excluding hydrogens is 226 g/mol. The van der Waals surface area contributed by atoms with Crippen LogP contribution in [-0.2, 0) is 11.2 Å². The number of hydrogen-bond donors (Lipinski definition) is 3. The summed E-state index contributed by atoms with van der Waals surface area (Å²) in [5.74, 6) is -0.0140. The van der Waals surface area contributed by atoms with Gasteiger partial charge in [-0.3, -0.25) is 4.79 Å². The fourth-order valence-corrected chi connectivity index (χ4v) is 2.24. The van der Waals surface area contributed by atoms with E-state index in [9.17, 15) is 4.79 Å². The van der Waals surface area contributed by atoms with Gasteiger partial charge in [0.05, 0.1) is 5.54 Å². The quantitative estimate of drug-likeness (QED) is 0.722. The number of nitrogens with two attached hydrogens (primary N) is 1. The Labute approximate surface area is 108 Å². The first-order valence-corrected chi connectivity index (χ1v) is 6.52. The van der Waals surface area contributed by atoms with E-state index in [4.69, 9.17) is 5.73 Å². The highest BCUT2D eigenvalue weighted by Gasteiger charge is 2.34. The van der Waals surface area contributed by atoms with Crippen LogP contribution in [0.5, 0.6) is 0 Å². The van der Waals surface area contributed by atoms with Crippen molar-refractivity contribution in [2.24, 2.45) is 5.73 Å². The molecule has 0 bridgehead atoms. The van der Waals surface area contributed by atoms with E-state index in [-0.39, 0.29) is 5.91 Å². The summed E-state index contributed by atoms with van der Waals surface area (Å²) >= 11 is 0. The molecule has 0 saturated carbocycles. The zero-order valence-corrected chi connectivity index (χ0v) is 10.6. The van der Waals surface area contributed by atoms with Crippen molar-refractivity contribution in [1.29, 1.82) is 0 Å². The molecule has 0 radical (unpaired) electrons. The number of amides is 1. The first kappa shape index (κ1) is 13.1. The minimum Gasteiger partial charge on any atom is -0.354 e. The molecule has 0 spiro atoms. The highest BCUT2D eigenvalue weighted by atomic mass is 16.2. The van der Waals surface area contributed by atoms with Crippen LogP contribution in [0.4, 0.5) is 0 Å². The molecule has 0 aliphatic carbocycles. The van der Waals surface area contributed by atoms with Gasteiger partial charge < -0.3 is 16.4 Å². The lowest BCUT2D eigenvalue weighted by Gasteiger charge is -2.32. The van der Waals surface area contributed by atoms with E-state index in [0.717, 1.165) is 19.5 Å². The van der Waals surface area contributed by atoms with E-state index >= 15 is 0 Å². The molecule has 4 heteroatoms. The molecule has 0 atom stereocenters. The van der Waals surface area contributed by atoms with Crippen molar-refractivity contribution in [3.63, 3.8) is 0 Å². The maximum Gasteiger partial charge on any atom is 0.240 e. The highest BCUT2D eigenvalue weighted by molar-refractivity contribution is 5.86. The first-order chi connectivity index (χ1) is 8.71. The molecule has 4 N–H and O–H groups in total. The highest BCUT2D eigenvalue weighted by Crippen LogP contribution is 2.14. The third-order valence-corrected chi connectivity index (χ3v) is 3.49. The van der Waals surface area contributed by atoms with Gasteiger partial charge in [0, 0.05) is 6.54 Å². The summed E-state index contributed by atoms with van der Waals surface area (Å²) < 4.78 is 0. The van der Waals surface area contributed by atoms with Crippen molar-refractivity contribution in [3.05, 3.63) is 35.9 Å². The molecule has 4 nitrogen and oxygen atoms in total. The molecule has 98 valence electrons. The molecule has 1 aromatic rings. The Morgan fingerprint density at radius 1 is 1.28 bits per heavy atom. The van der Waals surface area contributed by atoms with Gasteiger partial charge in [-0.1, -0.05) is 30.3 Å². The summed E-state index contributed by atoms with van der Waals surface area (Å²) in [4.78, 5) is 12.0. The summed E-state index contributed by atoms with van der Waals surface area (Å²) in [6.45, 7) is 2.29. The molecule has 0 aromatic heterocycles. The van der Waals surface area contributed by atoms with E-state index in [1.165, 1.54) is 5.56 Å². The second-order valence-corrected chi connectivity index (χ2v) is 4.90. The van der Waals surface area contributed by atoms with E-state index in [2.05, 4.69) is 22.8 Å². The van der Waals surface area contributed by atoms with Crippen molar-refractivity contribution < 1.29 is 4.79 Å². The van der Waals surface area contributed by atoms with Crippen LogP contribution in [0.15, 0.2) is 30.3 Å². The van der Waals surface area contributed by atoms with Crippen LogP contribution in [-0.4, -0.2) is 31.1 Å². The Morgan fingerprint density at radius 3 is 2.61 bits per heavy atom. The first-order valence-electron chi connectivity index (χ1n) is 6.52. The number of nitrogens with one attached hydrogen (secondary N) is 2. The van der Waals surface area contributed by atoms with Crippen LogP contribution in [0.25, 0.3) is 0 Å². The van der Waals surface area contributed by atoms with E-state index in [1.54, 1.807) is 0 Å². The largest absolute Gasteiger partial charge is 0.354 e. The van der Waals surface area contributed by atoms with Gasteiger partial charge in [0.1, 0.15) is 0 Å². The van der Waals surface area contributed by atoms with Crippen LogP contribution < -0.4 is 16.4 Å². The van der Waals surface area contributed by atoms with Gasteiger partial charge in [0.25, 0.3) is 0 Å². The predicted molar refractivity (Wildman–Crippen MR) is 72.2 cm³/mol. The number of carbonyl (C=O) groups is 1. The Morgan fingerprint density at radius 2 is 1.94 bits per heavy atom. The summed E-state index contributed by atoms with van der Waals surface area (Å²) in [6.07, 6.45) is 2.27. The Kier molecular flexibility index (Phi) is 4.33. The molecule has 1 amide bonds. The minimum absolute atomic E-state index is 0.0140. The van der Waals surface area contributed by atoms with Gasteiger partial charge in [-0.2, -0.15) is 0 Å². The van der Waals surface area contributed by atoms with Crippen LogP contribution >= 0.6 is 0 Å². The van der Waals surface area contributed by atoms with Crippen molar-refractivity contribution in [3.8, 4) is 0 Å². The number of hydrogen-bond acceptors (Lipinski definition) is 3. The number of benzene rings is 1. The maximum absolute atomic E-state index is 12.0. The predicted octanol–water partition coefficient (Wildman–Crippen LogP) is 0.426. The van der Waals surface area contributed by atoms with Crippen molar-refractivity contribution >= 4 is 5.91 Å². The average Bonchev–Trinajstić information content (AvgIpc) is 2.41. The fraction of sp³-hybridized carbons (Fsp3) is 0.500. The van der Waals surface area contributed by atoms with Crippen molar-refractivity contribution in [1.82, 2.24) is 10.6 Å². The van der Waals surface area contributed by atoms with E-state index in [0.29, 0.717) is 19.4 Å². The molecule has 18 heavy (non-hydrogen) atoms. The monoisotopic (exact) mass is 247 g/mol. The lowest BCUT2D eigenvalue weighted by Crippen LogP contribution is -2.59. The molecule has 1 heterocycles. The smallest absolute Gasteiger partial charge is 0.240 e. The van der Waals surface area contributed by atoms with Crippen LogP contribution in [0.2, 0.25) is 0 Å².